The summed E-state index contributed by atoms with van der Waals surface area (Å²) in [5.74, 6) is 0.247. The topological polar surface area (TPSA) is 71.7 Å². The van der Waals surface area contributed by atoms with E-state index in [0.29, 0.717) is 21.4 Å². The van der Waals surface area contributed by atoms with Gasteiger partial charge in [-0.3, -0.25) is 4.79 Å². The van der Waals surface area contributed by atoms with Crippen molar-refractivity contribution < 1.29 is 19.1 Å². The molecule has 1 atom stereocenters. The third-order valence-corrected chi connectivity index (χ3v) is 3.62. The van der Waals surface area contributed by atoms with Crippen LogP contribution in [0.15, 0.2) is 34.7 Å². The molecule has 0 saturated carbocycles. The quantitative estimate of drug-likeness (QED) is 0.844. The second kappa shape index (κ2) is 7.65. The number of aliphatic hydroxyl groups is 1. The zero-order valence-corrected chi connectivity index (χ0v) is 13.3. The van der Waals surface area contributed by atoms with Crippen LogP contribution in [0.4, 0.5) is 0 Å². The van der Waals surface area contributed by atoms with Gasteiger partial charge < -0.3 is 19.6 Å². The van der Waals surface area contributed by atoms with Gasteiger partial charge in [-0.25, -0.2) is 0 Å². The Kier molecular flexibility index (Phi) is 5.85. The maximum atomic E-state index is 11.9. The average Bonchev–Trinajstić information content (AvgIpc) is 2.93. The standard InChI is InChI=1S/C15H15Cl2NO4/c1-21-8-9-5-6-13(22-9)15(20)18-7-12(19)14-10(16)3-2-4-11(14)17/h2-6,12,19H,7-8H2,1H3,(H,18,20). The van der Waals surface area contributed by atoms with Crippen LogP contribution in [0.5, 0.6) is 0 Å². The molecule has 0 spiro atoms. The number of rotatable bonds is 6. The molecule has 1 amide bonds. The Balaban J connectivity index is 1.98. The fourth-order valence-corrected chi connectivity index (χ4v) is 2.58. The van der Waals surface area contributed by atoms with Gasteiger partial charge in [0.15, 0.2) is 5.76 Å². The molecule has 2 aromatic rings. The van der Waals surface area contributed by atoms with Crippen molar-refractivity contribution in [3.8, 4) is 0 Å². The van der Waals surface area contributed by atoms with E-state index >= 15 is 0 Å². The number of ether oxygens (including phenoxy) is 1. The summed E-state index contributed by atoms with van der Waals surface area (Å²) in [5, 5.41) is 13.4. The predicted molar refractivity (Wildman–Crippen MR) is 83.2 cm³/mol. The number of nitrogens with one attached hydrogen (secondary N) is 1. The fraction of sp³-hybridized carbons (Fsp3) is 0.267. The maximum Gasteiger partial charge on any atom is 0.287 e. The van der Waals surface area contributed by atoms with Crippen LogP contribution in [0, 0.1) is 0 Å². The molecule has 2 N–H and O–H groups in total. The van der Waals surface area contributed by atoms with E-state index in [9.17, 15) is 9.90 Å². The summed E-state index contributed by atoms with van der Waals surface area (Å²) in [4.78, 5) is 11.9. The first-order valence-electron chi connectivity index (χ1n) is 6.50. The number of methoxy groups -OCH3 is 1. The Labute approximate surface area is 137 Å². The molecule has 118 valence electrons. The molecule has 0 saturated heterocycles. The molecule has 0 bridgehead atoms. The molecule has 1 heterocycles. The Morgan fingerprint density at radius 1 is 1.32 bits per heavy atom. The number of hydrogen-bond acceptors (Lipinski definition) is 4. The molecule has 5 nitrogen and oxygen atoms in total. The van der Waals surface area contributed by atoms with Crippen molar-refractivity contribution in [1.29, 1.82) is 0 Å². The van der Waals surface area contributed by atoms with Gasteiger partial charge in [0.25, 0.3) is 5.91 Å². The lowest BCUT2D eigenvalue weighted by atomic mass is 10.1. The highest BCUT2D eigenvalue weighted by atomic mass is 35.5. The molecule has 1 unspecified atom stereocenters. The van der Waals surface area contributed by atoms with Crippen molar-refractivity contribution in [2.45, 2.75) is 12.7 Å². The largest absolute Gasteiger partial charge is 0.453 e. The van der Waals surface area contributed by atoms with Crippen molar-refractivity contribution in [3.05, 3.63) is 57.5 Å². The molecule has 22 heavy (non-hydrogen) atoms. The van der Waals surface area contributed by atoms with E-state index in [1.807, 2.05) is 0 Å². The number of aliphatic hydroxyl groups excluding tert-OH is 1. The highest BCUT2D eigenvalue weighted by Gasteiger charge is 2.18. The van der Waals surface area contributed by atoms with Crippen LogP contribution in [-0.4, -0.2) is 24.7 Å². The molecule has 0 aliphatic heterocycles. The maximum absolute atomic E-state index is 11.9. The summed E-state index contributed by atoms with van der Waals surface area (Å²) in [6.07, 6.45) is -1.02. The van der Waals surface area contributed by atoms with E-state index in [4.69, 9.17) is 32.4 Å². The highest BCUT2D eigenvalue weighted by molar-refractivity contribution is 6.36. The Morgan fingerprint density at radius 3 is 2.64 bits per heavy atom. The van der Waals surface area contributed by atoms with Gasteiger partial charge in [0.1, 0.15) is 12.4 Å². The van der Waals surface area contributed by atoms with Crippen LogP contribution in [0.2, 0.25) is 10.0 Å². The Bertz CT molecular complexity index is 636. The molecule has 1 aromatic heterocycles. The van der Waals surface area contributed by atoms with Gasteiger partial charge in [-0.2, -0.15) is 0 Å². The number of amides is 1. The molecule has 0 fully saturated rings. The van der Waals surface area contributed by atoms with Gasteiger partial charge in [0, 0.05) is 29.3 Å². The second-order valence-electron chi connectivity index (χ2n) is 4.56. The summed E-state index contributed by atoms with van der Waals surface area (Å²) >= 11 is 12.0. The number of furan rings is 1. The van der Waals surface area contributed by atoms with E-state index in [0.717, 1.165) is 0 Å². The lowest BCUT2D eigenvalue weighted by Gasteiger charge is -2.14. The van der Waals surface area contributed by atoms with Crippen molar-refractivity contribution in [2.24, 2.45) is 0 Å². The third kappa shape index (κ3) is 4.01. The minimum Gasteiger partial charge on any atom is -0.453 e. The Morgan fingerprint density at radius 2 is 2.00 bits per heavy atom. The smallest absolute Gasteiger partial charge is 0.287 e. The second-order valence-corrected chi connectivity index (χ2v) is 5.37. The number of hydrogen-bond donors (Lipinski definition) is 2. The van der Waals surface area contributed by atoms with Crippen molar-refractivity contribution in [2.75, 3.05) is 13.7 Å². The van der Waals surface area contributed by atoms with Crippen LogP contribution < -0.4 is 5.32 Å². The van der Waals surface area contributed by atoms with Crippen molar-refractivity contribution >= 4 is 29.1 Å². The van der Waals surface area contributed by atoms with Gasteiger partial charge in [-0.05, 0) is 24.3 Å². The predicted octanol–water partition coefficient (Wildman–Crippen LogP) is 3.20. The third-order valence-electron chi connectivity index (χ3n) is 2.96. The number of benzene rings is 1. The molecule has 0 aliphatic carbocycles. The molecule has 7 heteroatoms. The fourth-order valence-electron chi connectivity index (χ4n) is 1.93. The molecule has 1 aromatic carbocycles. The van der Waals surface area contributed by atoms with Crippen LogP contribution in [0.25, 0.3) is 0 Å². The lowest BCUT2D eigenvalue weighted by Crippen LogP contribution is -2.28. The molecular formula is C15H15Cl2NO4. The van der Waals surface area contributed by atoms with E-state index in [-0.39, 0.29) is 18.9 Å². The Hall–Kier alpha value is -1.53. The molecule has 2 rings (SSSR count). The summed E-state index contributed by atoms with van der Waals surface area (Å²) in [5.41, 5.74) is 0.380. The normalized spacial score (nSPS) is 12.2. The average molecular weight is 344 g/mol. The number of halogens is 2. The van der Waals surface area contributed by atoms with Crippen molar-refractivity contribution in [1.82, 2.24) is 5.32 Å². The molecular weight excluding hydrogens is 329 g/mol. The number of carbonyl (C=O) groups is 1. The SMILES string of the molecule is COCc1ccc(C(=O)NCC(O)c2c(Cl)cccc2Cl)o1. The first-order valence-corrected chi connectivity index (χ1v) is 7.26. The number of carbonyl (C=O) groups excluding carboxylic acids is 1. The minimum atomic E-state index is -1.02. The van der Waals surface area contributed by atoms with Crippen LogP contribution in [0.1, 0.15) is 28.0 Å². The summed E-state index contributed by atoms with van der Waals surface area (Å²) in [6, 6.07) is 8.12. The van der Waals surface area contributed by atoms with Crippen LogP contribution >= 0.6 is 23.2 Å². The van der Waals surface area contributed by atoms with E-state index in [1.54, 1.807) is 30.3 Å². The van der Waals surface area contributed by atoms with Gasteiger partial charge in [0.05, 0.1) is 6.10 Å². The van der Waals surface area contributed by atoms with E-state index in [2.05, 4.69) is 5.32 Å². The van der Waals surface area contributed by atoms with Crippen LogP contribution in [0.3, 0.4) is 0 Å². The van der Waals surface area contributed by atoms with Gasteiger partial charge in [-0.15, -0.1) is 0 Å². The zero-order chi connectivity index (χ0) is 16.1. The minimum absolute atomic E-state index is 0.0391. The van der Waals surface area contributed by atoms with Crippen molar-refractivity contribution in [3.63, 3.8) is 0 Å². The van der Waals surface area contributed by atoms with Gasteiger partial charge in [-0.1, -0.05) is 29.3 Å². The first kappa shape index (κ1) is 16.8. The zero-order valence-electron chi connectivity index (χ0n) is 11.8. The molecule has 0 aliphatic rings. The van der Waals surface area contributed by atoms with E-state index < -0.39 is 12.0 Å². The van der Waals surface area contributed by atoms with E-state index in [1.165, 1.54) is 7.11 Å². The lowest BCUT2D eigenvalue weighted by molar-refractivity contribution is 0.0881. The summed E-state index contributed by atoms with van der Waals surface area (Å²) in [7, 11) is 1.53. The van der Waals surface area contributed by atoms with Gasteiger partial charge >= 0.3 is 0 Å². The highest BCUT2D eigenvalue weighted by Crippen LogP contribution is 2.29. The summed E-state index contributed by atoms with van der Waals surface area (Å²) in [6.45, 7) is 0.244. The monoisotopic (exact) mass is 343 g/mol. The molecule has 0 radical (unpaired) electrons. The first-order chi connectivity index (χ1) is 10.5. The van der Waals surface area contributed by atoms with Gasteiger partial charge in [0.2, 0.25) is 0 Å². The van der Waals surface area contributed by atoms with Crippen LogP contribution in [-0.2, 0) is 11.3 Å². The summed E-state index contributed by atoms with van der Waals surface area (Å²) < 4.78 is 10.2.